The summed E-state index contributed by atoms with van der Waals surface area (Å²) in [5.41, 5.74) is 1.90. The predicted molar refractivity (Wildman–Crippen MR) is 127 cm³/mol. The lowest BCUT2D eigenvalue weighted by molar-refractivity contribution is -0.119. The first-order chi connectivity index (χ1) is 16.2. The molecule has 1 aliphatic rings. The first-order valence-electron chi connectivity index (χ1n) is 11.1. The summed E-state index contributed by atoms with van der Waals surface area (Å²) < 4.78 is 7.03. The van der Waals surface area contributed by atoms with Gasteiger partial charge in [-0.05, 0) is 31.9 Å². The lowest BCUT2D eigenvalue weighted by atomic mass is 10.1. The number of ether oxygens (including phenoxy) is 1. The van der Waals surface area contributed by atoms with Gasteiger partial charge < -0.3 is 15.0 Å². The fraction of sp³-hybridized carbons (Fsp3) is 0.333. The third kappa shape index (κ3) is 5.73. The second-order valence-corrected chi connectivity index (χ2v) is 8.60. The van der Waals surface area contributed by atoms with Crippen LogP contribution in [0.15, 0.2) is 65.8 Å². The van der Waals surface area contributed by atoms with E-state index in [0.29, 0.717) is 37.7 Å². The van der Waals surface area contributed by atoms with Gasteiger partial charge in [0.2, 0.25) is 5.91 Å². The molecule has 0 aliphatic carbocycles. The van der Waals surface area contributed by atoms with Crippen LogP contribution in [0.25, 0.3) is 17.1 Å². The summed E-state index contributed by atoms with van der Waals surface area (Å²) in [6.45, 7) is 3.33. The van der Waals surface area contributed by atoms with Crippen LogP contribution in [-0.4, -0.2) is 63.2 Å². The number of aromatic nitrogens is 3. The van der Waals surface area contributed by atoms with Gasteiger partial charge in [-0.15, -0.1) is 10.2 Å². The highest BCUT2D eigenvalue weighted by atomic mass is 32.2. The second kappa shape index (κ2) is 11.0. The predicted octanol–water partition coefficient (Wildman–Crippen LogP) is 3.76. The van der Waals surface area contributed by atoms with Crippen LogP contribution in [-0.2, 0) is 9.53 Å². The zero-order valence-corrected chi connectivity index (χ0v) is 19.3. The van der Waals surface area contributed by atoms with Crippen LogP contribution in [0.4, 0.5) is 4.79 Å². The van der Waals surface area contributed by atoms with E-state index in [2.05, 4.69) is 15.5 Å². The maximum atomic E-state index is 12.6. The van der Waals surface area contributed by atoms with Crippen molar-refractivity contribution in [2.45, 2.75) is 31.0 Å². The summed E-state index contributed by atoms with van der Waals surface area (Å²) >= 11 is 1.36. The molecule has 2 amide bonds. The third-order valence-electron chi connectivity index (χ3n) is 5.40. The fourth-order valence-corrected chi connectivity index (χ4v) is 4.53. The molecule has 0 atom stereocenters. The molecular weight excluding hydrogens is 438 g/mol. The lowest BCUT2D eigenvalue weighted by Gasteiger charge is -2.31. The molecule has 1 fully saturated rings. The topological polar surface area (TPSA) is 89.3 Å². The quantitative estimate of drug-likeness (QED) is 0.535. The fourth-order valence-electron chi connectivity index (χ4n) is 3.77. The molecule has 0 saturated carbocycles. The van der Waals surface area contributed by atoms with Gasteiger partial charge in [0.1, 0.15) is 0 Å². The number of carbonyl (C=O) groups excluding carboxylic acids is 2. The van der Waals surface area contributed by atoms with Gasteiger partial charge in [-0.1, -0.05) is 60.3 Å². The molecule has 3 aromatic rings. The van der Waals surface area contributed by atoms with Crippen LogP contribution >= 0.6 is 11.8 Å². The van der Waals surface area contributed by atoms with E-state index in [1.54, 1.807) is 11.8 Å². The molecule has 1 aromatic heterocycles. The lowest BCUT2D eigenvalue weighted by Crippen LogP contribution is -2.47. The van der Waals surface area contributed by atoms with E-state index in [0.717, 1.165) is 17.1 Å². The van der Waals surface area contributed by atoms with Crippen LogP contribution < -0.4 is 5.32 Å². The SMILES string of the molecule is CCOC(=O)N1CCC(NC(=O)CSc2nnc(-c3ccccc3)n2-c2ccccc2)CC1. The van der Waals surface area contributed by atoms with Gasteiger partial charge >= 0.3 is 6.09 Å². The molecule has 0 spiro atoms. The summed E-state index contributed by atoms with van der Waals surface area (Å²) in [6.07, 6.45) is 1.15. The smallest absolute Gasteiger partial charge is 0.409 e. The molecule has 1 N–H and O–H groups in total. The van der Waals surface area contributed by atoms with Gasteiger partial charge in [-0.3, -0.25) is 9.36 Å². The number of carbonyl (C=O) groups is 2. The maximum absolute atomic E-state index is 12.6. The summed E-state index contributed by atoms with van der Waals surface area (Å²) in [5.74, 6) is 0.909. The highest BCUT2D eigenvalue weighted by Crippen LogP contribution is 2.27. The summed E-state index contributed by atoms with van der Waals surface area (Å²) in [4.78, 5) is 26.2. The first-order valence-corrected chi connectivity index (χ1v) is 12.0. The summed E-state index contributed by atoms with van der Waals surface area (Å²) in [7, 11) is 0. The highest BCUT2D eigenvalue weighted by Gasteiger charge is 2.25. The Labute approximate surface area is 197 Å². The zero-order chi connectivity index (χ0) is 23.0. The Morgan fingerprint density at radius 1 is 1.03 bits per heavy atom. The molecule has 0 bridgehead atoms. The number of amides is 2. The van der Waals surface area contributed by atoms with Crippen LogP contribution in [0, 0.1) is 0 Å². The van der Waals surface area contributed by atoms with Crippen molar-refractivity contribution in [3.8, 4) is 17.1 Å². The number of hydrogen-bond donors (Lipinski definition) is 1. The average molecular weight is 466 g/mol. The molecule has 172 valence electrons. The molecule has 0 unspecified atom stereocenters. The molecule has 2 aromatic carbocycles. The van der Waals surface area contributed by atoms with E-state index in [-0.39, 0.29) is 23.8 Å². The van der Waals surface area contributed by atoms with Crippen molar-refractivity contribution in [3.05, 3.63) is 60.7 Å². The van der Waals surface area contributed by atoms with Crippen molar-refractivity contribution >= 4 is 23.8 Å². The maximum Gasteiger partial charge on any atom is 0.409 e. The Hall–Kier alpha value is -3.33. The number of thioether (sulfide) groups is 1. The molecule has 1 aliphatic heterocycles. The van der Waals surface area contributed by atoms with Gasteiger partial charge in [0.15, 0.2) is 11.0 Å². The number of rotatable bonds is 7. The zero-order valence-electron chi connectivity index (χ0n) is 18.5. The number of benzene rings is 2. The molecular formula is C24H27N5O3S. The molecule has 2 heterocycles. The Kier molecular flexibility index (Phi) is 7.62. The van der Waals surface area contributed by atoms with Gasteiger partial charge in [-0.2, -0.15) is 0 Å². The summed E-state index contributed by atoms with van der Waals surface area (Å²) in [6, 6.07) is 19.8. The van der Waals surface area contributed by atoms with Crippen molar-refractivity contribution in [1.82, 2.24) is 25.0 Å². The monoisotopic (exact) mass is 465 g/mol. The van der Waals surface area contributed by atoms with Crippen molar-refractivity contribution in [3.63, 3.8) is 0 Å². The number of para-hydroxylation sites is 1. The second-order valence-electron chi connectivity index (χ2n) is 7.66. The third-order valence-corrected chi connectivity index (χ3v) is 6.33. The number of piperidine rings is 1. The molecule has 8 nitrogen and oxygen atoms in total. The Morgan fingerprint density at radius 3 is 2.36 bits per heavy atom. The van der Waals surface area contributed by atoms with E-state index in [1.807, 2.05) is 65.2 Å². The largest absolute Gasteiger partial charge is 0.450 e. The van der Waals surface area contributed by atoms with Crippen molar-refractivity contribution < 1.29 is 14.3 Å². The number of nitrogens with zero attached hydrogens (tertiary/aromatic N) is 4. The molecule has 0 radical (unpaired) electrons. The Morgan fingerprint density at radius 2 is 1.70 bits per heavy atom. The van der Waals surface area contributed by atoms with Crippen LogP contribution in [0.2, 0.25) is 0 Å². The average Bonchev–Trinajstić information content (AvgIpc) is 3.28. The minimum Gasteiger partial charge on any atom is -0.450 e. The van der Waals surface area contributed by atoms with Crippen molar-refractivity contribution in [1.29, 1.82) is 0 Å². The van der Waals surface area contributed by atoms with Crippen LogP contribution in [0.1, 0.15) is 19.8 Å². The highest BCUT2D eigenvalue weighted by molar-refractivity contribution is 7.99. The molecule has 33 heavy (non-hydrogen) atoms. The number of nitrogens with one attached hydrogen (secondary N) is 1. The van der Waals surface area contributed by atoms with Crippen molar-refractivity contribution in [2.24, 2.45) is 0 Å². The van der Waals surface area contributed by atoms with Crippen molar-refractivity contribution in [2.75, 3.05) is 25.4 Å². The van der Waals surface area contributed by atoms with Crippen LogP contribution in [0.5, 0.6) is 0 Å². The van der Waals surface area contributed by atoms with E-state index < -0.39 is 0 Å². The first kappa shape index (κ1) is 22.8. The van der Waals surface area contributed by atoms with Crippen LogP contribution in [0.3, 0.4) is 0 Å². The Balaban J connectivity index is 1.39. The number of likely N-dealkylation sites (tertiary alicyclic amines) is 1. The van der Waals surface area contributed by atoms with Gasteiger partial charge in [0.05, 0.1) is 12.4 Å². The normalized spacial score (nSPS) is 14.2. The van der Waals surface area contributed by atoms with Gasteiger partial charge in [0.25, 0.3) is 0 Å². The van der Waals surface area contributed by atoms with E-state index in [9.17, 15) is 9.59 Å². The number of hydrogen-bond acceptors (Lipinski definition) is 6. The molecule has 4 rings (SSSR count). The molecule has 1 saturated heterocycles. The summed E-state index contributed by atoms with van der Waals surface area (Å²) in [5, 5.41) is 12.5. The van der Waals surface area contributed by atoms with Gasteiger partial charge in [-0.25, -0.2) is 4.79 Å². The standard InChI is InChI=1S/C24H27N5O3S/c1-2-32-24(31)28-15-13-19(14-16-28)25-21(30)17-33-23-27-26-22(18-9-5-3-6-10-18)29(23)20-11-7-4-8-12-20/h3-12,19H,2,13-17H2,1H3,(H,25,30). The van der Waals surface area contributed by atoms with E-state index in [4.69, 9.17) is 4.74 Å². The minimum absolute atomic E-state index is 0.0515. The molecule has 9 heteroatoms. The minimum atomic E-state index is -0.285. The van der Waals surface area contributed by atoms with E-state index in [1.165, 1.54) is 11.8 Å². The Bertz CT molecular complexity index is 1070. The van der Waals surface area contributed by atoms with E-state index >= 15 is 0 Å². The van der Waals surface area contributed by atoms with Gasteiger partial charge in [0, 0.05) is 30.4 Å².